The summed E-state index contributed by atoms with van der Waals surface area (Å²) >= 11 is 0. The van der Waals surface area contributed by atoms with Crippen LogP contribution >= 0.6 is 0 Å². The largest absolute Gasteiger partial charge is 0.465 e. The zero-order valence-corrected chi connectivity index (χ0v) is 17.8. The fraction of sp³-hybridized carbons (Fsp3) is 0.435. The van der Waals surface area contributed by atoms with Gasteiger partial charge in [-0.2, -0.15) is 0 Å². The number of sulfone groups is 1. The van der Waals surface area contributed by atoms with Crippen molar-refractivity contribution in [1.29, 1.82) is 0 Å². The number of ether oxygens (including phenoxy) is 1. The summed E-state index contributed by atoms with van der Waals surface area (Å²) in [6.45, 7) is 2.24. The van der Waals surface area contributed by atoms with E-state index in [9.17, 15) is 17.6 Å². The third-order valence-corrected chi connectivity index (χ3v) is 9.75. The molecule has 2 heterocycles. The molecule has 5 rings (SSSR count). The van der Waals surface area contributed by atoms with E-state index >= 15 is 4.39 Å². The van der Waals surface area contributed by atoms with E-state index < -0.39 is 49.4 Å². The summed E-state index contributed by atoms with van der Waals surface area (Å²) < 4.78 is 61.8. The van der Waals surface area contributed by atoms with Crippen molar-refractivity contribution in [2.24, 2.45) is 5.92 Å². The molecule has 31 heavy (non-hydrogen) atoms. The molecular formula is C23H23F2NO4S. The first kappa shape index (κ1) is 20.6. The van der Waals surface area contributed by atoms with Crippen molar-refractivity contribution in [3.63, 3.8) is 0 Å². The average molecular weight is 448 g/mol. The van der Waals surface area contributed by atoms with E-state index in [0.29, 0.717) is 12.0 Å². The number of hydrogen-bond donors (Lipinski definition) is 1. The van der Waals surface area contributed by atoms with E-state index in [-0.39, 0.29) is 36.6 Å². The maximum absolute atomic E-state index is 15.0. The maximum Gasteiger partial charge on any atom is 0.317 e. The average Bonchev–Trinajstić information content (AvgIpc) is 3.39. The van der Waals surface area contributed by atoms with Crippen LogP contribution in [0.3, 0.4) is 0 Å². The molecule has 1 unspecified atom stereocenters. The summed E-state index contributed by atoms with van der Waals surface area (Å²) in [6, 6.07) is 10.6. The van der Waals surface area contributed by atoms with Crippen molar-refractivity contribution < 1.29 is 26.7 Å². The third-order valence-electron chi connectivity index (χ3n) is 7.10. The predicted molar refractivity (Wildman–Crippen MR) is 110 cm³/mol. The molecule has 5 nitrogen and oxygen atoms in total. The van der Waals surface area contributed by atoms with E-state index in [1.165, 1.54) is 0 Å². The lowest BCUT2D eigenvalue weighted by Crippen LogP contribution is -2.53. The highest BCUT2D eigenvalue weighted by molar-refractivity contribution is 7.92. The SMILES string of the molecule is C[C@@H]1NC[C@@H](c2ccccc2)S(=O)(=O)C1Cc1cc(F)c([C@@]23C[C@@H]2COC3=O)cc1F. The highest BCUT2D eigenvalue weighted by atomic mass is 32.2. The minimum Gasteiger partial charge on any atom is -0.465 e. The summed E-state index contributed by atoms with van der Waals surface area (Å²) in [6.07, 6.45) is 0.308. The summed E-state index contributed by atoms with van der Waals surface area (Å²) in [5, 5.41) is 1.55. The standard InChI is InChI=1S/C23H23F2NO4S/c1-13-20(31(28,29)21(11-26-13)14-5-3-2-4-6-14)8-15-7-19(25)17(9-18(15)24)23-10-16(23)12-30-22(23)27/h2-7,9,13,16,20-21,26H,8,10-12H2,1H3/t13-,16+,20?,21-,23+/m0/s1. The van der Waals surface area contributed by atoms with E-state index in [1.807, 2.05) is 6.07 Å². The first-order chi connectivity index (χ1) is 14.7. The number of halogens is 2. The fourth-order valence-electron chi connectivity index (χ4n) is 5.13. The number of fused-ring (bicyclic) bond motifs is 1. The second-order valence-corrected chi connectivity index (χ2v) is 11.2. The molecule has 1 saturated carbocycles. The molecule has 0 amide bonds. The highest BCUT2D eigenvalue weighted by Crippen LogP contribution is 2.59. The van der Waals surface area contributed by atoms with Gasteiger partial charge in [-0.1, -0.05) is 30.3 Å². The van der Waals surface area contributed by atoms with Crippen molar-refractivity contribution in [3.8, 4) is 0 Å². The van der Waals surface area contributed by atoms with Crippen LogP contribution in [0.4, 0.5) is 8.78 Å². The van der Waals surface area contributed by atoms with Gasteiger partial charge in [0.2, 0.25) is 0 Å². The van der Waals surface area contributed by atoms with Crippen LogP contribution in [-0.2, 0) is 31.2 Å². The van der Waals surface area contributed by atoms with Gasteiger partial charge < -0.3 is 10.1 Å². The lowest BCUT2D eigenvalue weighted by atomic mass is 9.91. The van der Waals surface area contributed by atoms with Crippen molar-refractivity contribution in [2.45, 2.75) is 41.7 Å². The molecule has 2 saturated heterocycles. The van der Waals surface area contributed by atoms with Crippen molar-refractivity contribution in [2.75, 3.05) is 13.2 Å². The molecule has 2 aromatic rings. The Labute approximate surface area is 179 Å². The molecule has 2 aliphatic heterocycles. The van der Waals surface area contributed by atoms with Gasteiger partial charge >= 0.3 is 5.97 Å². The molecule has 0 bridgehead atoms. The zero-order valence-electron chi connectivity index (χ0n) is 17.0. The van der Waals surface area contributed by atoms with Gasteiger partial charge in [0, 0.05) is 24.1 Å². The monoisotopic (exact) mass is 447 g/mol. The summed E-state index contributed by atoms with van der Waals surface area (Å²) in [4.78, 5) is 12.1. The highest BCUT2D eigenvalue weighted by Gasteiger charge is 2.68. The Morgan fingerprint density at radius 2 is 1.90 bits per heavy atom. The minimum atomic E-state index is -3.66. The lowest BCUT2D eigenvalue weighted by molar-refractivity contribution is -0.142. The number of hydrogen-bond acceptors (Lipinski definition) is 5. The summed E-state index contributed by atoms with van der Waals surface area (Å²) in [5.41, 5.74) is -0.390. The number of esters is 1. The van der Waals surface area contributed by atoms with Crippen LogP contribution in [0.15, 0.2) is 42.5 Å². The first-order valence-electron chi connectivity index (χ1n) is 10.4. The smallest absolute Gasteiger partial charge is 0.317 e. The van der Waals surface area contributed by atoms with Crippen molar-refractivity contribution in [1.82, 2.24) is 5.32 Å². The predicted octanol–water partition coefficient (Wildman–Crippen LogP) is 2.84. The van der Waals surface area contributed by atoms with Crippen molar-refractivity contribution in [3.05, 3.63) is 70.8 Å². The Balaban J connectivity index is 1.46. The van der Waals surface area contributed by atoms with Gasteiger partial charge in [-0.15, -0.1) is 0 Å². The zero-order chi connectivity index (χ0) is 22.0. The van der Waals surface area contributed by atoms with Gasteiger partial charge in [0.1, 0.15) is 17.0 Å². The van der Waals surface area contributed by atoms with E-state index in [4.69, 9.17) is 4.74 Å². The molecular weight excluding hydrogens is 424 g/mol. The molecule has 3 aliphatic rings. The van der Waals surface area contributed by atoms with E-state index in [2.05, 4.69) is 5.32 Å². The minimum absolute atomic E-state index is 0.00264. The topological polar surface area (TPSA) is 72.5 Å². The molecule has 8 heteroatoms. The van der Waals surface area contributed by atoms with E-state index in [1.54, 1.807) is 31.2 Å². The summed E-state index contributed by atoms with van der Waals surface area (Å²) in [7, 11) is -3.66. The van der Waals surface area contributed by atoms with Crippen LogP contribution in [0.5, 0.6) is 0 Å². The van der Waals surface area contributed by atoms with Gasteiger partial charge in [0.15, 0.2) is 9.84 Å². The molecule has 2 aromatic carbocycles. The number of carbonyl (C=O) groups is 1. The van der Waals surface area contributed by atoms with Gasteiger partial charge in [0.25, 0.3) is 0 Å². The molecule has 1 aliphatic carbocycles. The van der Waals surface area contributed by atoms with Crippen LogP contribution in [0.25, 0.3) is 0 Å². The van der Waals surface area contributed by atoms with Gasteiger partial charge in [-0.3, -0.25) is 4.79 Å². The second kappa shape index (κ2) is 7.10. The summed E-state index contributed by atoms with van der Waals surface area (Å²) in [5.74, 6) is -2.01. The van der Waals surface area contributed by atoms with Gasteiger partial charge in [-0.25, -0.2) is 17.2 Å². The Hall–Kier alpha value is -2.32. The molecule has 0 spiro atoms. The van der Waals surface area contributed by atoms with Crippen LogP contribution < -0.4 is 5.32 Å². The molecule has 0 radical (unpaired) electrons. The lowest BCUT2D eigenvalue weighted by Gasteiger charge is -2.35. The molecule has 3 fully saturated rings. The second-order valence-electron chi connectivity index (χ2n) is 8.82. The Morgan fingerprint density at radius 3 is 2.55 bits per heavy atom. The molecule has 5 atom stereocenters. The third kappa shape index (κ3) is 3.10. The van der Waals surface area contributed by atoms with Crippen LogP contribution in [-0.4, -0.2) is 38.8 Å². The Kier molecular flexibility index (Phi) is 4.71. The van der Waals surface area contributed by atoms with Crippen LogP contribution in [0, 0.1) is 17.6 Å². The molecule has 1 N–H and O–H groups in total. The molecule has 164 valence electrons. The normalized spacial score (nSPS) is 33.6. The molecule has 0 aromatic heterocycles. The maximum atomic E-state index is 15.0. The Morgan fingerprint density at radius 1 is 1.16 bits per heavy atom. The van der Waals surface area contributed by atoms with E-state index in [0.717, 1.165) is 12.1 Å². The van der Waals surface area contributed by atoms with Crippen LogP contribution in [0.1, 0.15) is 35.3 Å². The fourth-order valence-corrected chi connectivity index (χ4v) is 7.50. The first-order valence-corrected chi connectivity index (χ1v) is 12.0. The number of rotatable bonds is 4. The van der Waals surface area contributed by atoms with Gasteiger partial charge in [-0.05, 0) is 43.0 Å². The van der Waals surface area contributed by atoms with Gasteiger partial charge in [0.05, 0.1) is 17.1 Å². The number of nitrogens with one attached hydrogen (secondary N) is 1. The number of benzene rings is 2. The van der Waals surface area contributed by atoms with Crippen molar-refractivity contribution >= 4 is 15.8 Å². The van der Waals surface area contributed by atoms with Crippen LogP contribution in [0.2, 0.25) is 0 Å². The number of carbonyl (C=O) groups excluding carboxylic acids is 1. The quantitative estimate of drug-likeness (QED) is 0.730. The Bertz CT molecular complexity index is 1150. The number of cyclic esters (lactones) is 1.